The zero-order valence-electron chi connectivity index (χ0n) is 16.1. The minimum absolute atomic E-state index is 0. The van der Waals surface area contributed by atoms with Crippen LogP contribution in [0.2, 0.25) is 0 Å². The summed E-state index contributed by atoms with van der Waals surface area (Å²) in [6.07, 6.45) is 0.787. The fraction of sp³-hybridized carbons (Fsp3) is 0.450. The van der Waals surface area contributed by atoms with Gasteiger partial charge in [-0.1, -0.05) is 13.0 Å². The summed E-state index contributed by atoms with van der Waals surface area (Å²) >= 11 is 1.66. The van der Waals surface area contributed by atoms with E-state index in [0.717, 1.165) is 22.6 Å². The number of halogens is 1. The predicted molar refractivity (Wildman–Crippen MR) is 111 cm³/mol. The Balaban J connectivity index is 0.00000261. The minimum Gasteiger partial charge on any atom is -0.493 e. The van der Waals surface area contributed by atoms with Crippen LogP contribution in [0.25, 0.3) is 0 Å². The second-order valence-electron chi connectivity index (χ2n) is 6.75. The van der Waals surface area contributed by atoms with Gasteiger partial charge in [-0.3, -0.25) is 4.79 Å². The molecule has 3 atom stereocenters. The van der Waals surface area contributed by atoms with Crippen molar-refractivity contribution in [2.24, 2.45) is 11.7 Å². The van der Waals surface area contributed by atoms with Gasteiger partial charge in [0.05, 0.1) is 26.2 Å². The molecule has 0 saturated heterocycles. The normalized spacial score (nSPS) is 18.1. The first-order valence-electron chi connectivity index (χ1n) is 8.82. The molecule has 0 aliphatic carbocycles. The Hall–Kier alpha value is -1.76. The molecule has 1 amide bonds. The van der Waals surface area contributed by atoms with Crippen molar-refractivity contribution in [1.29, 1.82) is 0 Å². The van der Waals surface area contributed by atoms with E-state index < -0.39 is 0 Å². The molecule has 1 aliphatic heterocycles. The number of nitrogens with zero attached hydrogens (tertiary/aromatic N) is 1. The smallest absolute Gasteiger partial charge is 0.227 e. The molecular weight excluding hydrogens is 384 g/mol. The first-order valence-corrected chi connectivity index (χ1v) is 9.70. The summed E-state index contributed by atoms with van der Waals surface area (Å²) < 4.78 is 11.0. The number of carbonyl (C=O) groups excluding carboxylic acids is 1. The van der Waals surface area contributed by atoms with Gasteiger partial charge in [-0.2, -0.15) is 0 Å². The molecule has 3 rings (SSSR count). The SMILES string of the molecule is COc1cc2c(cc1OC)C(c1cccs1)N(C(=O)C(C)C(C)N)CC2.Cl. The number of hydrogen-bond acceptors (Lipinski definition) is 5. The van der Waals surface area contributed by atoms with Crippen LogP contribution in [0.1, 0.15) is 35.9 Å². The maximum Gasteiger partial charge on any atom is 0.227 e. The molecule has 2 heterocycles. The molecule has 0 radical (unpaired) electrons. The highest BCUT2D eigenvalue weighted by atomic mass is 35.5. The largest absolute Gasteiger partial charge is 0.493 e. The molecule has 0 fully saturated rings. The molecule has 5 nitrogen and oxygen atoms in total. The lowest BCUT2D eigenvalue weighted by atomic mass is 9.89. The van der Waals surface area contributed by atoms with Crippen molar-refractivity contribution in [1.82, 2.24) is 4.90 Å². The molecule has 2 N–H and O–H groups in total. The number of benzene rings is 1. The van der Waals surface area contributed by atoms with Crippen LogP contribution in [0.15, 0.2) is 29.6 Å². The Labute approximate surface area is 170 Å². The second-order valence-corrected chi connectivity index (χ2v) is 7.73. The van der Waals surface area contributed by atoms with Crippen LogP contribution in [-0.2, 0) is 11.2 Å². The van der Waals surface area contributed by atoms with E-state index in [1.54, 1.807) is 25.6 Å². The van der Waals surface area contributed by atoms with E-state index in [1.807, 2.05) is 42.3 Å². The Morgan fingerprint density at radius 3 is 2.48 bits per heavy atom. The molecule has 0 bridgehead atoms. The van der Waals surface area contributed by atoms with Crippen molar-refractivity contribution in [3.8, 4) is 11.5 Å². The average Bonchev–Trinajstić information content (AvgIpc) is 3.18. The van der Waals surface area contributed by atoms with E-state index >= 15 is 0 Å². The summed E-state index contributed by atoms with van der Waals surface area (Å²) in [6, 6.07) is 7.84. The number of thiophene rings is 1. The first-order chi connectivity index (χ1) is 12.5. The highest BCUT2D eigenvalue weighted by Gasteiger charge is 2.36. The van der Waals surface area contributed by atoms with Crippen LogP contribution in [0.4, 0.5) is 0 Å². The molecule has 148 valence electrons. The zero-order chi connectivity index (χ0) is 18.8. The third kappa shape index (κ3) is 4.08. The maximum absolute atomic E-state index is 13.1. The summed E-state index contributed by atoms with van der Waals surface area (Å²) in [5.41, 5.74) is 8.30. The fourth-order valence-electron chi connectivity index (χ4n) is 3.42. The Kier molecular flexibility index (Phi) is 7.14. The summed E-state index contributed by atoms with van der Waals surface area (Å²) in [7, 11) is 3.28. The van der Waals surface area contributed by atoms with Gasteiger partial charge in [-0.25, -0.2) is 0 Å². The average molecular weight is 411 g/mol. The quantitative estimate of drug-likeness (QED) is 0.817. The second kappa shape index (κ2) is 8.95. The van der Waals surface area contributed by atoms with Crippen molar-refractivity contribution in [3.05, 3.63) is 45.6 Å². The summed E-state index contributed by atoms with van der Waals surface area (Å²) in [5.74, 6) is 1.28. The van der Waals surface area contributed by atoms with Gasteiger partial charge in [0.15, 0.2) is 11.5 Å². The molecule has 1 aromatic carbocycles. The first kappa shape index (κ1) is 21.5. The number of hydrogen-bond donors (Lipinski definition) is 1. The lowest BCUT2D eigenvalue weighted by molar-refractivity contribution is -0.137. The van der Waals surface area contributed by atoms with Crippen molar-refractivity contribution in [2.75, 3.05) is 20.8 Å². The topological polar surface area (TPSA) is 64.8 Å². The van der Waals surface area contributed by atoms with E-state index in [4.69, 9.17) is 15.2 Å². The van der Waals surface area contributed by atoms with Crippen LogP contribution in [0.5, 0.6) is 11.5 Å². The maximum atomic E-state index is 13.1. The van der Waals surface area contributed by atoms with E-state index in [1.165, 1.54) is 5.56 Å². The van der Waals surface area contributed by atoms with Crippen molar-refractivity contribution < 1.29 is 14.3 Å². The lowest BCUT2D eigenvalue weighted by Crippen LogP contribution is -2.46. The van der Waals surface area contributed by atoms with Crippen LogP contribution in [0, 0.1) is 5.92 Å². The van der Waals surface area contributed by atoms with Gasteiger partial charge in [0.1, 0.15) is 0 Å². The highest BCUT2D eigenvalue weighted by Crippen LogP contribution is 2.42. The lowest BCUT2D eigenvalue weighted by Gasteiger charge is -2.39. The Morgan fingerprint density at radius 1 is 1.26 bits per heavy atom. The highest BCUT2D eigenvalue weighted by molar-refractivity contribution is 7.10. The molecule has 3 unspecified atom stereocenters. The molecule has 0 spiro atoms. The van der Waals surface area contributed by atoms with E-state index in [0.29, 0.717) is 12.3 Å². The van der Waals surface area contributed by atoms with Gasteiger partial charge in [0.25, 0.3) is 0 Å². The van der Waals surface area contributed by atoms with Crippen molar-refractivity contribution >= 4 is 29.7 Å². The summed E-state index contributed by atoms with van der Waals surface area (Å²) in [4.78, 5) is 16.2. The predicted octanol–water partition coefficient (Wildman–Crippen LogP) is 3.64. The molecule has 2 aromatic rings. The fourth-order valence-corrected chi connectivity index (χ4v) is 4.28. The van der Waals surface area contributed by atoms with Crippen LogP contribution in [0.3, 0.4) is 0 Å². The van der Waals surface area contributed by atoms with Gasteiger partial charge in [0, 0.05) is 17.5 Å². The number of fused-ring (bicyclic) bond motifs is 1. The monoisotopic (exact) mass is 410 g/mol. The number of amides is 1. The third-order valence-corrected chi connectivity index (χ3v) is 6.07. The van der Waals surface area contributed by atoms with Crippen LogP contribution < -0.4 is 15.2 Å². The standard InChI is InChI=1S/C20H26N2O3S.ClH/c1-12(13(2)21)20(23)22-8-7-14-10-16(24-3)17(25-4)11-15(14)19(22)18-6-5-9-26-18;/h5-6,9-13,19H,7-8,21H2,1-4H3;1H. The zero-order valence-corrected chi connectivity index (χ0v) is 17.7. The Bertz CT molecular complexity index is 780. The van der Waals surface area contributed by atoms with Crippen molar-refractivity contribution in [2.45, 2.75) is 32.4 Å². The molecule has 27 heavy (non-hydrogen) atoms. The number of rotatable bonds is 5. The molecule has 1 aliphatic rings. The van der Waals surface area contributed by atoms with E-state index in [9.17, 15) is 4.79 Å². The van der Waals surface area contributed by atoms with E-state index in [-0.39, 0.29) is 36.3 Å². The van der Waals surface area contributed by atoms with Gasteiger partial charge in [0.2, 0.25) is 5.91 Å². The number of nitrogens with two attached hydrogens (primary N) is 1. The van der Waals surface area contributed by atoms with Gasteiger partial charge < -0.3 is 20.1 Å². The molecular formula is C20H27ClN2O3S. The van der Waals surface area contributed by atoms with Crippen molar-refractivity contribution in [3.63, 3.8) is 0 Å². The van der Waals surface area contributed by atoms with E-state index in [2.05, 4.69) is 6.07 Å². The minimum atomic E-state index is -0.223. The summed E-state index contributed by atoms with van der Waals surface area (Å²) in [5, 5.41) is 2.04. The summed E-state index contributed by atoms with van der Waals surface area (Å²) in [6.45, 7) is 4.46. The number of methoxy groups -OCH3 is 2. The number of ether oxygens (including phenoxy) is 2. The van der Waals surface area contributed by atoms with Gasteiger partial charge in [-0.15, -0.1) is 23.7 Å². The van der Waals surface area contributed by atoms with Crippen LogP contribution in [-0.4, -0.2) is 37.6 Å². The molecule has 7 heteroatoms. The molecule has 0 saturated carbocycles. The van der Waals surface area contributed by atoms with Gasteiger partial charge in [-0.05, 0) is 48.1 Å². The van der Waals surface area contributed by atoms with Gasteiger partial charge >= 0.3 is 0 Å². The third-order valence-electron chi connectivity index (χ3n) is 5.15. The number of carbonyl (C=O) groups is 1. The Morgan fingerprint density at radius 2 is 1.93 bits per heavy atom. The van der Waals surface area contributed by atoms with Crippen LogP contribution >= 0.6 is 23.7 Å². The molecule has 1 aromatic heterocycles.